The van der Waals surface area contributed by atoms with Crippen LogP contribution in [0.1, 0.15) is 6.23 Å². The Labute approximate surface area is 107 Å². The van der Waals surface area contributed by atoms with Crippen LogP contribution in [-0.2, 0) is 4.74 Å². The lowest BCUT2D eigenvalue weighted by molar-refractivity contribution is -0.0322. The summed E-state index contributed by atoms with van der Waals surface area (Å²) < 4.78 is 7.04. The van der Waals surface area contributed by atoms with Gasteiger partial charge in [-0.2, -0.15) is 0 Å². The molecule has 19 heavy (non-hydrogen) atoms. The number of hydrogen-bond donors (Lipinski definition) is 4. The molecule has 0 aliphatic carbocycles. The number of nitrogen functional groups attached to an aromatic ring is 1. The van der Waals surface area contributed by atoms with Crippen molar-refractivity contribution in [3.63, 3.8) is 0 Å². The summed E-state index contributed by atoms with van der Waals surface area (Å²) in [4.78, 5) is 12.0. The maximum absolute atomic E-state index is 10.0. The average Bonchev–Trinajstić information content (AvgIpc) is 2.94. The van der Waals surface area contributed by atoms with Crippen molar-refractivity contribution in [2.45, 2.75) is 24.5 Å². The van der Waals surface area contributed by atoms with E-state index in [2.05, 4.69) is 15.0 Å². The average molecular weight is 266 g/mol. The second-order valence-electron chi connectivity index (χ2n) is 4.36. The number of aliphatic hydroxyl groups excluding tert-OH is 2. The summed E-state index contributed by atoms with van der Waals surface area (Å²) in [5.74, 6) is 0.243. The van der Waals surface area contributed by atoms with Crippen LogP contribution in [0, 0.1) is 0 Å². The first-order valence-electron chi connectivity index (χ1n) is 5.78. The molecule has 4 atom stereocenters. The fourth-order valence-corrected chi connectivity index (χ4v) is 2.21. The molecule has 6 N–H and O–H groups in total. The molecule has 1 saturated heterocycles. The zero-order valence-corrected chi connectivity index (χ0v) is 9.92. The highest BCUT2D eigenvalue weighted by Crippen LogP contribution is 2.31. The lowest BCUT2D eigenvalue weighted by Gasteiger charge is -2.16. The molecule has 0 aromatic carbocycles. The molecule has 0 radical (unpaired) electrons. The summed E-state index contributed by atoms with van der Waals surface area (Å²) in [6, 6.07) is 0. The minimum atomic E-state index is -1.11. The number of ether oxygens (including phenoxy) is 1. The van der Waals surface area contributed by atoms with E-state index in [1.807, 2.05) is 0 Å². The molecule has 2 unspecified atom stereocenters. The Morgan fingerprint density at radius 3 is 2.74 bits per heavy atom. The van der Waals surface area contributed by atoms with Crippen LogP contribution in [0.3, 0.4) is 0 Å². The second kappa shape index (κ2) is 4.38. The van der Waals surface area contributed by atoms with E-state index in [9.17, 15) is 10.2 Å². The Hall–Kier alpha value is -1.81. The van der Waals surface area contributed by atoms with E-state index in [0.717, 1.165) is 0 Å². The molecule has 9 heteroatoms. The first-order chi connectivity index (χ1) is 9.13. The second-order valence-corrected chi connectivity index (χ2v) is 4.36. The van der Waals surface area contributed by atoms with Gasteiger partial charge < -0.3 is 26.4 Å². The number of fused-ring (bicyclic) bond motifs is 1. The van der Waals surface area contributed by atoms with Gasteiger partial charge in [0.25, 0.3) is 0 Å². The Morgan fingerprint density at radius 2 is 2.05 bits per heavy atom. The van der Waals surface area contributed by atoms with Gasteiger partial charge in [-0.25, -0.2) is 15.0 Å². The van der Waals surface area contributed by atoms with Crippen molar-refractivity contribution in [1.82, 2.24) is 19.5 Å². The highest BCUT2D eigenvalue weighted by Gasteiger charge is 2.43. The van der Waals surface area contributed by atoms with Gasteiger partial charge in [0.05, 0.1) is 6.33 Å². The van der Waals surface area contributed by atoms with Crippen LogP contribution in [0.25, 0.3) is 11.2 Å². The van der Waals surface area contributed by atoms with Crippen molar-refractivity contribution >= 4 is 17.0 Å². The molecule has 0 saturated carbocycles. The quantitative estimate of drug-likeness (QED) is 0.487. The molecule has 2 aromatic heterocycles. The van der Waals surface area contributed by atoms with E-state index in [4.69, 9.17) is 16.2 Å². The van der Waals surface area contributed by atoms with Crippen molar-refractivity contribution in [2.75, 3.05) is 12.3 Å². The zero-order valence-electron chi connectivity index (χ0n) is 9.92. The monoisotopic (exact) mass is 266 g/mol. The topological polar surface area (TPSA) is 145 Å². The predicted molar refractivity (Wildman–Crippen MR) is 64.7 cm³/mol. The van der Waals surface area contributed by atoms with E-state index in [0.29, 0.717) is 11.2 Å². The molecule has 3 rings (SSSR count). The van der Waals surface area contributed by atoms with E-state index in [1.165, 1.54) is 17.2 Å². The molecule has 0 spiro atoms. The number of rotatable bonds is 2. The molecule has 2 aromatic rings. The number of nitrogens with zero attached hydrogens (tertiary/aromatic N) is 4. The molecule has 1 fully saturated rings. The summed E-state index contributed by atoms with van der Waals surface area (Å²) in [6.07, 6.45) is -0.850. The molecule has 0 bridgehead atoms. The van der Waals surface area contributed by atoms with Crippen LogP contribution >= 0.6 is 0 Å². The third-order valence-electron chi connectivity index (χ3n) is 3.23. The van der Waals surface area contributed by atoms with Crippen LogP contribution in [0.4, 0.5) is 5.82 Å². The van der Waals surface area contributed by atoms with Gasteiger partial charge in [-0.1, -0.05) is 0 Å². The van der Waals surface area contributed by atoms with E-state index in [1.54, 1.807) is 0 Å². The smallest absolute Gasteiger partial charge is 0.167 e. The number of hydrogen-bond acceptors (Lipinski definition) is 8. The lowest BCUT2D eigenvalue weighted by Crippen LogP contribution is -2.35. The number of aromatic nitrogens is 4. The van der Waals surface area contributed by atoms with E-state index in [-0.39, 0.29) is 12.4 Å². The van der Waals surface area contributed by atoms with Gasteiger partial charge in [0, 0.05) is 6.54 Å². The van der Waals surface area contributed by atoms with Crippen LogP contribution < -0.4 is 11.5 Å². The van der Waals surface area contributed by atoms with Crippen LogP contribution in [0.2, 0.25) is 0 Å². The zero-order chi connectivity index (χ0) is 13.6. The predicted octanol–water partition coefficient (Wildman–Crippen LogP) is -2.01. The SMILES string of the molecule is NC[C@H]1O[C@@H](n2cnc3c(N)ncnc32)C(O)C1O. The summed E-state index contributed by atoms with van der Waals surface area (Å²) in [5.41, 5.74) is 12.0. The Bertz CT molecular complexity index is 602. The first-order valence-corrected chi connectivity index (χ1v) is 5.78. The van der Waals surface area contributed by atoms with Crippen LogP contribution in [-0.4, -0.2) is 54.6 Å². The van der Waals surface area contributed by atoms with Gasteiger partial charge in [-0.05, 0) is 0 Å². The largest absolute Gasteiger partial charge is 0.387 e. The molecule has 0 amide bonds. The molecule has 9 nitrogen and oxygen atoms in total. The Balaban J connectivity index is 2.04. The summed E-state index contributed by atoms with van der Waals surface area (Å²) >= 11 is 0. The fourth-order valence-electron chi connectivity index (χ4n) is 2.21. The van der Waals surface area contributed by atoms with Crippen molar-refractivity contribution in [1.29, 1.82) is 0 Å². The minimum absolute atomic E-state index is 0.110. The molecule has 1 aliphatic rings. The molecule has 102 valence electrons. The molecular weight excluding hydrogens is 252 g/mol. The molecule has 1 aliphatic heterocycles. The normalized spacial score (nSPS) is 31.1. The van der Waals surface area contributed by atoms with Crippen molar-refractivity contribution < 1.29 is 14.9 Å². The summed E-state index contributed by atoms with van der Waals surface area (Å²) in [7, 11) is 0. The third kappa shape index (κ3) is 1.75. The Kier molecular flexibility index (Phi) is 2.82. The number of imidazole rings is 1. The summed E-state index contributed by atoms with van der Waals surface area (Å²) in [5, 5.41) is 19.8. The Morgan fingerprint density at radius 1 is 1.26 bits per heavy atom. The fraction of sp³-hybridized carbons (Fsp3) is 0.500. The minimum Gasteiger partial charge on any atom is -0.387 e. The van der Waals surface area contributed by atoms with Crippen molar-refractivity contribution in [3.05, 3.63) is 12.7 Å². The maximum Gasteiger partial charge on any atom is 0.167 e. The standard InChI is InChI=1S/C10H14N6O3/c11-1-4-6(17)7(18)10(19-4)16-3-15-5-8(12)13-2-14-9(5)16/h2-4,6-7,10,17-18H,1,11H2,(H2,12,13,14)/t4-,6?,7?,10-/m1/s1. The van der Waals surface area contributed by atoms with Gasteiger partial charge in [-0.3, -0.25) is 4.57 Å². The van der Waals surface area contributed by atoms with E-state index >= 15 is 0 Å². The summed E-state index contributed by atoms with van der Waals surface area (Å²) in [6.45, 7) is 0.110. The number of nitrogens with two attached hydrogens (primary N) is 2. The highest BCUT2D eigenvalue weighted by molar-refractivity contribution is 5.81. The molecular formula is C10H14N6O3. The number of aliphatic hydroxyl groups is 2. The van der Waals surface area contributed by atoms with Crippen molar-refractivity contribution in [3.8, 4) is 0 Å². The molecule has 3 heterocycles. The van der Waals surface area contributed by atoms with Crippen molar-refractivity contribution in [2.24, 2.45) is 5.73 Å². The maximum atomic E-state index is 10.0. The van der Waals surface area contributed by atoms with Gasteiger partial charge in [-0.15, -0.1) is 0 Å². The first kappa shape index (κ1) is 12.2. The van der Waals surface area contributed by atoms with Gasteiger partial charge in [0.1, 0.15) is 30.2 Å². The lowest BCUT2D eigenvalue weighted by atomic mass is 10.1. The number of anilines is 1. The van der Waals surface area contributed by atoms with Crippen LogP contribution in [0.5, 0.6) is 0 Å². The van der Waals surface area contributed by atoms with Gasteiger partial charge in [0.2, 0.25) is 0 Å². The van der Waals surface area contributed by atoms with Gasteiger partial charge in [0.15, 0.2) is 17.7 Å². The van der Waals surface area contributed by atoms with Crippen LogP contribution in [0.15, 0.2) is 12.7 Å². The van der Waals surface area contributed by atoms with E-state index < -0.39 is 24.5 Å². The highest BCUT2D eigenvalue weighted by atomic mass is 16.6. The van der Waals surface area contributed by atoms with Gasteiger partial charge >= 0.3 is 0 Å². The third-order valence-corrected chi connectivity index (χ3v) is 3.23.